The summed E-state index contributed by atoms with van der Waals surface area (Å²) in [6, 6.07) is 2.38. The van der Waals surface area contributed by atoms with Gasteiger partial charge in [0.15, 0.2) is 0 Å². The molecule has 4 heteroatoms. The van der Waals surface area contributed by atoms with Crippen molar-refractivity contribution in [3.63, 3.8) is 0 Å². The molecule has 1 unspecified atom stereocenters. The Morgan fingerprint density at radius 2 is 2.27 bits per heavy atom. The monoisotopic (exact) mass is 211 g/mol. The predicted molar refractivity (Wildman–Crippen MR) is 59.6 cm³/mol. The van der Waals surface area contributed by atoms with Crippen LogP contribution in [0.25, 0.3) is 0 Å². The first-order chi connectivity index (χ1) is 7.23. The van der Waals surface area contributed by atoms with Gasteiger partial charge in [0.2, 0.25) is 0 Å². The zero-order valence-corrected chi connectivity index (χ0v) is 9.75. The number of hydrogen-bond donors (Lipinski definition) is 1. The second-order valence-electron chi connectivity index (χ2n) is 4.11. The molecule has 1 atom stereocenters. The molecule has 0 aliphatic carbocycles. The van der Waals surface area contributed by atoms with Crippen LogP contribution >= 0.6 is 0 Å². The quantitative estimate of drug-likeness (QED) is 0.740. The second kappa shape index (κ2) is 6.06. The maximum atomic E-state index is 9.26. The number of nitrogens with zero attached hydrogens (tertiary/aromatic N) is 2. The van der Waals surface area contributed by atoms with Crippen LogP contribution in [0.15, 0.2) is 0 Å². The normalized spacial score (nSPS) is 22.7. The molecule has 0 aromatic heterocycles. The second-order valence-corrected chi connectivity index (χ2v) is 4.11. The first-order valence-corrected chi connectivity index (χ1v) is 5.67. The summed E-state index contributed by atoms with van der Waals surface area (Å²) in [6.45, 7) is 9.01. The van der Waals surface area contributed by atoms with Crippen LogP contribution in [0.3, 0.4) is 0 Å². The van der Waals surface area contributed by atoms with Crippen molar-refractivity contribution in [1.82, 2.24) is 10.2 Å². The number of nitriles is 1. The minimum Gasteiger partial charge on any atom is -0.379 e. The standard InChI is InChI=1S/C11H21N3O/c1-3-15-10-11(2,9-12)14-7-4-5-13-6-8-14/h13H,3-8,10H2,1-2H3. The van der Waals surface area contributed by atoms with Crippen LogP contribution in [0.5, 0.6) is 0 Å². The molecule has 86 valence electrons. The number of nitrogens with one attached hydrogen (secondary N) is 1. The average Bonchev–Trinajstić information content (AvgIpc) is 2.54. The highest BCUT2D eigenvalue weighted by atomic mass is 16.5. The Morgan fingerprint density at radius 3 is 2.93 bits per heavy atom. The third kappa shape index (κ3) is 3.45. The van der Waals surface area contributed by atoms with E-state index >= 15 is 0 Å². The van der Waals surface area contributed by atoms with E-state index in [-0.39, 0.29) is 0 Å². The van der Waals surface area contributed by atoms with E-state index in [4.69, 9.17) is 4.74 Å². The van der Waals surface area contributed by atoms with Crippen molar-refractivity contribution < 1.29 is 4.74 Å². The van der Waals surface area contributed by atoms with E-state index in [9.17, 15) is 5.26 Å². The van der Waals surface area contributed by atoms with Crippen molar-refractivity contribution in [1.29, 1.82) is 5.26 Å². The van der Waals surface area contributed by atoms with E-state index in [1.54, 1.807) is 0 Å². The lowest BCUT2D eigenvalue weighted by Crippen LogP contribution is -2.50. The summed E-state index contributed by atoms with van der Waals surface area (Å²) in [5, 5.41) is 12.6. The van der Waals surface area contributed by atoms with Crippen LogP contribution in [0, 0.1) is 11.3 Å². The molecule has 0 saturated carbocycles. The van der Waals surface area contributed by atoms with Gasteiger partial charge in [-0.15, -0.1) is 0 Å². The molecule has 1 fully saturated rings. The summed E-state index contributed by atoms with van der Waals surface area (Å²) in [5.74, 6) is 0. The molecule has 0 aromatic rings. The van der Waals surface area contributed by atoms with Crippen molar-refractivity contribution in [2.75, 3.05) is 39.4 Å². The zero-order chi connectivity index (χ0) is 11.1. The lowest BCUT2D eigenvalue weighted by molar-refractivity contribution is 0.0405. The van der Waals surface area contributed by atoms with Crippen LogP contribution in [-0.2, 0) is 4.74 Å². The van der Waals surface area contributed by atoms with E-state index < -0.39 is 5.54 Å². The van der Waals surface area contributed by atoms with E-state index in [1.807, 2.05) is 13.8 Å². The summed E-state index contributed by atoms with van der Waals surface area (Å²) in [5.41, 5.74) is -0.470. The third-order valence-electron chi connectivity index (χ3n) is 2.87. The molecule has 0 bridgehead atoms. The minimum absolute atomic E-state index is 0.470. The Hall–Kier alpha value is -0.630. The SMILES string of the molecule is CCOCC(C)(C#N)N1CCCNCC1. The van der Waals surface area contributed by atoms with Gasteiger partial charge < -0.3 is 10.1 Å². The molecule has 0 spiro atoms. The fourth-order valence-corrected chi connectivity index (χ4v) is 1.83. The smallest absolute Gasteiger partial charge is 0.129 e. The number of rotatable bonds is 4. The Balaban J connectivity index is 2.58. The van der Waals surface area contributed by atoms with Gasteiger partial charge in [0.05, 0.1) is 12.7 Å². The van der Waals surface area contributed by atoms with Crippen LogP contribution in [-0.4, -0.2) is 49.8 Å². The summed E-state index contributed by atoms with van der Waals surface area (Å²) in [6.07, 6.45) is 1.10. The first kappa shape index (κ1) is 12.4. The maximum Gasteiger partial charge on any atom is 0.129 e. The molecule has 0 aromatic carbocycles. The Bertz CT molecular complexity index is 218. The fraction of sp³-hybridized carbons (Fsp3) is 0.909. The highest BCUT2D eigenvalue weighted by molar-refractivity contribution is 5.06. The Kier molecular flexibility index (Phi) is 5.03. The molecule has 1 heterocycles. The van der Waals surface area contributed by atoms with Gasteiger partial charge in [-0.3, -0.25) is 4.90 Å². The van der Waals surface area contributed by atoms with Gasteiger partial charge in [-0.25, -0.2) is 0 Å². The summed E-state index contributed by atoms with van der Waals surface area (Å²) in [4.78, 5) is 2.22. The van der Waals surface area contributed by atoms with Crippen molar-refractivity contribution in [2.45, 2.75) is 25.8 Å². The minimum atomic E-state index is -0.470. The lowest BCUT2D eigenvalue weighted by Gasteiger charge is -2.34. The van der Waals surface area contributed by atoms with Gasteiger partial charge >= 0.3 is 0 Å². The first-order valence-electron chi connectivity index (χ1n) is 5.67. The topological polar surface area (TPSA) is 48.3 Å². The van der Waals surface area contributed by atoms with Gasteiger partial charge in [-0.1, -0.05) is 0 Å². The van der Waals surface area contributed by atoms with Crippen LogP contribution in [0.2, 0.25) is 0 Å². The van der Waals surface area contributed by atoms with E-state index in [2.05, 4.69) is 16.3 Å². The largest absolute Gasteiger partial charge is 0.379 e. The van der Waals surface area contributed by atoms with Crippen molar-refractivity contribution in [3.05, 3.63) is 0 Å². The molecule has 1 N–H and O–H groups in total. The molecule has 1 rings (SSSR count). The molecular formula is C11H21N3O. The van der Waals surface area contributed by atoms with Gasteiger partial charge in [0, 0.05) is 26.2 Å². The molecule has 1 saturated heterocycles. The summed E-state index contributed by atoms with van der Waals surface area (Å²) in [7, 11) is 0. The molecule has 1 aliphatic rings. The van der Waals surface area contributed by atoms with E-state index in [0.717, 1.165) is 32.6 Å². The van der Waals surface area contributed by atoms with E-state index in [1.165, 1.54) is 0 Å². The summed E-state index contributed by atoms with van der Waals surface area (Å²) < 4.78 is 5.40. The third-order valence-corrected chi connectivity index (χ3v) is 2.87. The molecule has 1 aliphatic heterocycles. The average molecular weight is 211 g/mol. The highest BCUT2D eigenvalue weighted by Gasteiger charge is 2.32. The Labute approximate surface area is 92.2 Å². The Morgan fingerprint density at radius 1 is 1.47 bits per heavy atom. The molecule has 4 nitrogen and oxygen atoms in total. The lowest BCUT2D eigenvalue weighted by atomic mass is 10.0. The van der Waals surface area contributed by atoms with E-state index in [0.29, 0.717) is 13.2 Å². The van der Waals surface area contributed by atoms with Gasteiger partial charge in [-0.2, -0.15) is 5.26 Å². The fourth-order valence-electron chi connectivity index (χ4n) is 1.83. The predicted octanol–water partition coefficient (Wildman–Crippen LogP) is 0.600. The molecule has 0 radical (unpaired) electrons. The van der Waals surface area contributed by atoms with Crippen molar-refractivity contribution in [3.8, 4) is 6.07 Å². The van der Waals surface area contributed by atoms with Gasteiger partial charge in [0.1, 0.15) is 5.54 Å². The zero-order valence-electron chi connectivity index (χ0n) is 9.75. The van der Waals surface area contributed by atoms with Crippen LogP contribution < -0.4 is 5.32 Å². The van der Waals surface area contributed by atoms with Crippen molar-refractivity contribution >= 4 is 0 Å². The number of ether oxygens (including phenoxy) is 1. The molecule has 15 heavy (non-hydrogen) atoms. The van der Waals surface area contributed by atoms with Crippen LogP contribution in [0.1, 0.15) is 20.3 Å². The van der Waals surface area contributed by atoms with Gasteiger partial charge in [-0.05, 0) is 26.8 Å². The van der Waals surface area contributed by atoms with Gasteiger partial charge in [0.25, 0.3) is 0 Å². The van der Waals surface area contributed by atoms with Crippen molar-refractivity contribution in [2.24, 2.45) is 0 Å². The molecular weight excluding hydrogens is 190 g/mol. The summed E-state index contributed by atoms with van der Waals surface area (Å²) >= 11 is 0. The highest BCUT2D eigenvalue weighted by Crippen LogP contribution is 2.15. The maximum absolute atomic E-state index is 9.26. The molecule has 0 amide bonds. The number of hydrogen-bond acceptors (Lipinski definition) is 4. The van der Waals surface area contributed by atoms with Crippen LogP contribution in [0.4, 0.5) is 0 Å².